The van der Waals surface area contributed by atoms with Crippen LogP contribution in [0.25, 0.3) is 11.1 Å². The predicted octanol–water partition coefficient (Wildman–Crippen LogP) is 3.28. The van der Waals surface area contributed by atoms with Gasteiger partial charge in [0, 0.05) is 16.7 Å². The Kier molecular flexibility index (Phi) is 5.30. The van der Waals surface area contributed by atoms with Crippen LogP contribution in [0.2, 0.25) is 0 Å². The lowest BCUT2D eigenvalue weighted by Crippen LogP contribution is -2.30. The van der Waals surface area contributed by atoms with Gasteiger partial charge in [0.05, 0.1) is 18.4 Å². The van der Waals surface area contributed by atoms with Gasteiger partial charge in [-0.3, -0.25) is 14.4 Å². The average Bonchev–Trinajstić information content (AvgIpc) is 3.25. The lowest BCUT2D eigenvalue weighted by molar-refractivity contribution is -0.139. The molecular formula is C24H21FN2O5. The highest BCUT2D eigenvalue weighted by atomic mass is 19.1. The number of esters is 1. The standard InChI is InChI=1S/C24H21FN2O5/c1-24(2)17(13-4-6-14(7-5-13)22(29)26-12-20(28)31-3)11-19(32-24)21-16-9-8-15(25)10-18(16)27-23(21)30/h4-11H,12H2,1-3H3,(H,26,29)(H,27,30)/b21-19+. The van der Waals surface area contributed by atoms with E-state index in [0.717, 1.165) is 11.1 Å². The van der Waals surface area contributed by atoms with Crippen LogP contribution < -0.4 is 10.6 Å². The van der Waals surface area contributed by atoms with E-state index in [1.54, 1.807) is 36.4 Å². The van der Waals surface area contributed by atoms with Crippen LogP contribution in [0.1, 0.15) is 35.3 Å². The van der Waals surface area contributed by atoms with E-state index in [0.29, 0.717) is 28.1 Å². The van der Waals surface area contributed by atoms with Crippen molar-refractivity contribution in [3.63, 3.8) is 0 Å². The molecule has 4 rings (SSSR count). The molecule has 0 unspecified atom stereocenters. The summed E-state index contributed by atoms with van der Waals surface area (Å²) in [6.45, 7) is 3.54. The summed E-state index contributed by atoms with van der Waals surface area (Å²) in [5, 5.41) is 5.15. The molecule has 0 spiro atoms. The van der Waals surface area contributed by atoms with E-state index in [1.807, 2.05) is 13.8 Å². The van der Waals surface area contributed by atoms with Gasteiger partial charge in [0.2, 0.25) is 0 Å². The van der Waals surface area contributed by atoms with Gasteiger partial charge >= 0.3 is 5.97 Å². The first-order chi connectivity index (χ1) is 15.2. The second-order valence-corrected chi connectivity index (χ2v) is 7.89. The Hall–Kier alpha value is -3.94. The van der Waals surface area contributed by atoms with Crippen molar-refractivity contribution in [1.82, 2.24) is 5.32 Å². The molecule has 7 nitrogen and oxygen atoms in total. The monoisotopic (exact) mass is 436 g/mol. The average molecular weight is 436 g/mol. The van der Waals surface area contributed by atoms with Gasteiger partial charge in [-0.05, 0) is 55.8 Å². The number of benzene rings is 2. The fourth-order valence-electron chi connectivity index (χ4n) is 3.74. The van der Waals surface area contributed by atoms with E-state index in [4.69, 9.17) is 4.74 Å². The summed E-state index contributed by atoms with van der Waals surface area (Å²) < 4.78 is 24.2. The van der Waals surface area contributed by atoms with Crippen LogP contribution in [-0.2, 0) is 19.1 Å². The number of hydrogen-bond acceptors (Lipinski definition) is 5. The molecule has 2 aliphatic rings. The Morgan fingerprint density at radius 2 is 1.88 bits per heavy atom. The first-order valence-electron chi connectivity index (χ1n) is 9.92. The SMILES string of the molecule is COC(=O)CNC(=O)c1ccc(C2=C/C(=C3\C(=O)Nc4cc(F)ccc43)OC2(C)C)cc1. The zero-order valence-corrected chi connectivity index (χ0v) is 17.7. The molecule has 0 saturated carbocycles. The number of nitrogens with one attached hydrogen (secondary N) is 2. The molecule has 8 heteroatoms. The molecular weight excluding hydrogens is 415 g/mol. The molecule has 164 valence electrons. The minimum atomic E-state index is -0.736. The highest BCUT2D eigenvalue weighted by Crippen LogP contribution is 2.44. The summed E-state index contributed by atoms with van der Waals surface area (Å²) in [6.07, 6.45) is 1.79. The zero-order valence-electron chi connectivity index (χ0n) is 17.7. The zero-order chi connectivity index (χ0) is 23.0. The van der Waals surface area contributed by atoms with E-state index in [1.165, 1.54) is 19.2 Å². The molecule has 2 aromatic rings. The summed E-state index contributed by atoms with van der Waals surface area (Å²) in [6, 6.07) is 11.0. The minimum Gasteiger partial charge on any atom is -0.482 e. The molecule has 0 saturated heterocycles. The van der Waals surface area contributed by atoms with Gasteiger partial charge in [0.1, 0.15) is 23.7 Å². The maximum Gasteiger partial charge on any atom is 0.325 e. The van der Waals surface area contributed by atoms with Gasteiger partial charge in [-0.15, -0.1) is 0 Å². The van der Waals surface area contributed by atoms with E-state index < -0.39 is 23.3 Å². The Balaban J connectivity index is 1.64. The van der Waals surface area contributed by atoms with Crippen molar-refractivity contribution >= 4 is 34.6 Å². The lowest BCUT2D eigenvalue weighted by Gasteiger charge is -2.23. The van der Waals surface area contributed by atoms with E-state index in [2.05, 4.69) is 15.4 Å². The molecule has 2 N–H and O–H groups in total. The smallest absolute Gasteiger partial charge is 0.325 e. The van der Waals surface area contributed by atoms with Crippen LogP contribution in [-0.4, -0.2) is 37.0 Å². The fourth-order valence-corrected chi connectivity index (χ4v) is 3.74. The van der Waals surface area contributed by atoms with Crippen LogP contribution in [0.4, 0.5) is 10.1 Å². The first-order valence-corrected chi connectivity index (χ1v) is 9.92. The Labute approximate surface area is 183 Å². The number of carbonyl (C=O) groups excluding carboxylic acids is 3. The number of anilines is 1. The van der Waals surface area contributed by atoms with Crippen LogP contribution in [0, 0.1) is 5.82 Å². The third-order valence-corrected chi connectivity index (χ3v) is 5.34. The Morgan fingerprint density at radius 3 is 2.56 bits per heavy atom. The number of fused-ring (bicyclic) bond motifs is 1. The third-order valence-electron chi connectivity index (χ3n) is 5.34. The van der Waals surface area contributed by atoms with Crippen LogP contribution in [0.5, 0.6) is 0 Å². The highest BCUT2D eigenvalue weighted by Gasteiger charge is 2.38. The van der Waals surface area contributed by atoms with Crippen molar-refractivity contribution in [2.75, 3.05) is 19.0 Å². The van der Waals surface area contributed by atoms with Crippen molar-refractivity contribution in [2.45, 2.75) is 19.4 Å². The molecule has 0 atom stereocenters. The third kappa shape index (κ3) is 3.87. The summed E-state index contributed by atoms with van der Waals surface area (Å²) in [5.74, 6) is -1.33. The summed E-state index contributed by atoms with van der Waals surface area (Å²) in [4.78, 5) is 35.9. The molecule has 0 aliphatic carbocycles. The van der Waals surface area contributed by atoms with Gasteiger partial charge < -0.3 is 20.1 Å². The molecule has 2 amide bonds. The van der Waals surface area contributed by atoms with Gasteiger partial charge in [-0.25, -0.2) is 4.39 Å². The van der Waals surface area contributed by atoms with Crippen molar-refractivity contribution < 1.29 is 28.2 Å². The summed E-state index contributed by atoms with van der Waals surface area (Å²) in [7, 11) is 1.25. The first kappa shape index (κ1) is 21.3. The van der Waals surface area contributed by atoms with Crippen LogP contribution in [0.15, 0.2) is 54.3 Å². The second kappa shape index (κ2) is 7.96. The minimum absolute atomic E-state index is 0.215. The van der Waals surface area contributed by atoms with Gasteiger partial charge in [0.25, 0.3) is 11.8 Å². The number of methoxy groups -OCH3 is 1. The molecule has 2 aromatic carbocycles. The van der Waals surface area contributed by atoms with Gasteiger partial charge in [-0.2, -0.15) is 0 Å². The largest absolute Gasteiger partial charge is 0.482 e. The summed E-state index contributed by atoms with van der Waals surface area (Å²) >= 11 is 0. The molecule has 0 aromatic heterocycles. The van der Waals surface area contributed by atoms with Crippen molar-refractivity contribution in [2.24, 2.45) is 0 Å². The van der Waals surface area contributed by atoms with E-state index >= 15 is 0 Å². The van der Waals surface area contributed by atoms with Crippen LogP contribution >= 0.6 is 0 Å². The number of hydrogen-bond donors (Lipinski definition) is 2. The van der Waals surface area contributed by atoms with Crippen molar-refractivity contribution in [1.29, 1.82) is 0 Å². The Bertz CT molecular complexity index is 1200. The van der Waals surface area contributed by atoms with Crippen LogP contribution in [0.3, 0.4) is 0 Å². The van der Waals surface area contributed by atoms with Gasteiger partial charge in [-0.1, -0.05) is 12.1 Å². The predicted molar refractivity (Wildman–Crippen MR) is 116 cm³/mol. The van der Waals surface area contributed by atoms with E-state index in [-0.39, 0.29) is 12.5 Å². The normalized spacial score (nSPS) is 18.4. The fraction of sp³-hybridized carbons (Fsp3) is 0.208. The Morgan fingerprint density at radius 1 is 1.16 bits per heavy atom. The maximum absolute atomic E-state index is 13.5. The number of carbonyl (C=O) groups is 3. The van der Waals surface area contributed by atoms with Crippen molar-refractivity contribution in [3.05, 3.63) is 76.8 Å². The molecule has 0 fully saturated rings. The molecule has 2 aliphatic heterocycles. The lowest BCUT2D eigenvalue weighted by atomic mass is 9.91. The number of amides is 2. The molecule has 32 heavy (non-hydrogen) atoms. The quantitative estimate of drug-likeness (QED) is 0.567. The van der Waals surface area contributed by atoms with E-state index in [9.17, 15) is 18.8 Å². The number of rotatable bonds is 4. The summed E-state index contributed by atoms with van der Waals surface area (Å²) in [5.41, 5.74) is 2.62. The number of halogens is 1. The topological polar surface area (TPSA) is 93.7 Å². The number of allylic oxidation sites excluding steroid dienone is 1. The highest BCUT2D eigenvalue weighted by molar-refractivity contribution is 6.32. The second-order valence-electron chi connectivity index (χ2n) is 7.89. The van der Waals surface area contributed by atoms with Gasteiger partial charge in [0.15, 0.2) is 0 Å². The molecule has 0 bridgehead atoms. The molecule has 2 heterocycles. The molecule has 0 radical (unpaired) electrons. The maximum atomic E-state index is 13.5. The number of ether oxygens (including phenoxy) is 2. The van der Waals surface area contributed by atoms with Crippen molar-refractivity contribution in [3.8, 4) is 0 Å².